The number of fused-ring (bicyclic) bond motifs is 4. The minimum atomic E-state index is -5.13. The zero-order valence-corrected chi connectivity index (χ0v) is 51.1. The number of alkyl halides is 1. The first-order valence-corrected chi connectivity index (χ1v) is 34.0. The number of aromatic hydroxyl groups is 1. The molecule has 472 valence electrons. The van der Waals surface area contributed by atoms with Crippen LogP contribution in [0.25, 0.3) is 22.3 Å². The van der Waals surface area contributed by atoms with E-state index in [1.807, 2.05) is 0 Å². The Morgan fingerprint density at radius 1 is 0.767 bits per heavy atom. The third-order valence-electron chi connectivity index (χ3n) is 15.1. The summed E-state index contributed by atoms with van der Waals surface area (Å²) in [6.07, 6.45) is 10.1. The zero-order valence-electron chi connectivity index (χ0n) is 48.4. The average Bonchev–Trinajstić information content (AvgIpc) is 4.26. The number of unbranched alkanes of at least 4 members (excludes halogenated alkanes) is 12. The van der Waals surface area contributed by atoms with Crippen molar-refractivity contribution in [3.63, 3.8) is 0 Å². The predicted molar refractivity (Wildman–Crippen MR) is 315 cm³/mol. The van der Waals surface area contributed by atoms with E-state index < -0.39 is 107 Å². The Kier molecular flexibility index (Phi) is 24.0. The maximum absolute atomic E-state index is 16.7. The number of nitrogens with zero attached hydrogens (tertiary/aromatic N) is 8. The van der Waals surface area contributed by atoms with Crippen LogP contribution < -0.4 is 32.7 Å². The molecule has 0 radical (unpaired) electrons. The summed E-state index contributed by atoms with van der Waals surface area (Å²) in [6, 6.07) is 3.71. The Bertz CT molecular complexity index is 3170. The number of nitrogens with two attached hydrogens (primary N) is 2. The SMILES string of the molecule is CCCCCCCCCCCCCCCC(=O)N[C@H](C(=O)N[C@@H](CCCNC(N)=O)C(=O)Nc1ccc(CSP2(=O)OC[C@H]3O[C@@H](n4cnc5c(N)ncnc54)[C@H](F)[C@@H]3OP(=O)(O)OCC3O[C@@H](n4cnc5c(O)ncnc54)C[C@@H]3O2)cc1)C(C)C. The summed E-state index contributed by atoms with van der Waals surface area (Å²) in [5.41, 5.74) is 12.6. The summed E-state index contributed by atoms with van der Waals surface area (Å²) in [4.78, 5) is 87.9. The molecule has 86 heavy (non-hydrogen) atoms. The fraction of sp³-hybridized carbons (Fsp3) is 0.630. The van der Waals surface area contributed by atoms with Crippen molar-refractivity contribution >= 4 is 83.6 Å². The lowest BCUT2D eigenvalue weighted by atomic mass is 10.0. The van der Waals surface area contributed by atoms with Crippen molar-refractivity contribution < 1.29 is 70.3 Å². The summed E-state index contributed by atoms with van der Waals surface area (Å²) in [6.45, 7) is 0.132. The van der Waals surface area contributed by atoms with E-state index in [2.05, 4.69) is 58.1 Å². The molecule has 4 aromatic heterocycles. The number of rotatable bonds is 29. The van der Waals surface area contributed by atoms with Crippen molar-refractivity contribution in [1.29, 1.82) is 0 Å². The molecule has 8 rings (SSSR count). The number of halogens is 1. The molecule has 0 bridgehead atoms. The summed E-state index contributed by atoms with van der Waals surface area (Å²) in [5, 5.41) is 21.4. The van der Waals surface area contributed by atoms with Gasteiger partial charge >= 0.3 is 20.7 Å². The van der Waals surface area contributed by atoms with Crippen LogP contribution in [-0.4, -0.2) is 135 Å². The minimum absolute atomic E-state index is 0.00447. The third kappa shape index (κ3) is 18.1. The molecule has 3 aliphatic rings. The Morgan fingerprint density at radius 3 is 2.09 bits per heavy atom. The number of carbonyl (C=O) groups excluding carboxylic acids is 4. The van der Waals surface area contributed by atoms with E-state index >= 15 is 8.96 Å². The standard InChI is InChI=1S/C54H79FN14O14P2S/c1-4-5-6-7-8-9-10-11-12-13-14-15-16-19-40(70)67-43(33(2)3)52(73)66-36(18-17-24-58-54(57)74)50(71)65-35-22-20-34(21-23-35)28-86-85(77)79-27-39-46(42(55)53(81-39)69-32-63-44-47(56)59-29-60-48(44)69)83-84(75,76)78-26-38-37(82-85)25-41(80-38)68-31-64-45-49(68)61-30-62-51(45)72/h20-23,29-33,36-39,41-43,46,53H,4-19,24-28H2,1-3H3,(H,65,71)(H,66,73)(H,67,70)(H,75,76)(H2,56,59,60)(H3,57,58,74)(H,61,62,72)/t36-,37-,38?,39+,41+,42+,43-,46+,53+,85?/m0/s1. The lowest BCUT2D eigenvalue weighted by Crippen LogP contribution is -2.54. The molecule has 3 saturated heterocycles. The first-order valence-electron chi connectivity index (χ1n) is 29.3. The topological polar surface area (TPSA) is 386 Å². The number of aromatic nitrogens is 8. The van der Waals surface area contributed by atoms with Gasteiger partial charge in [0.2, 0.25) is 23.6 Å². The van der Waals surface area contributed by atoms with Crippen LogP contribution in [0.1, 0.15) is 148 Å². The molecule has 0 aliphatic carbocycles. The molecule has 1 aromatic carbocycles. The van der Waals surface area contributed by atoms with Crippen molar-refractivity contribution in [3.8, 4) is 5.88 Å². The zero-order chi connectivity index (χ0) is 61.4. The molecule has 3 aliphatic heterocycles. The Balaban J connectivity index is 0.915. The van der Waals surface area contributed by atoms with Gasteiger partial charge in [-0.3, -0.25) is 41.6 Å². The molecule has 28 nitrogen and oxygen atoms in total. The number of phosphoric acid groups is 1. The second kappa shape index (κ2) is 31.3. The van der Waals surface area contributed by atoms with Gasteiger partial charge in [0.1, 0.15) is 60.9 Å². The smallest absolute Gasteiger partial charge is 0.472 e. The highest BCUT2D eigenvalue weighted by molar-refractivity contribution is 8.54. The van der Waals surface area contributed by atoms with Crippen LogP contribution in [0.15, 0.2) is 49.6 Å². The predicted octanol–water partition coefficient (Wildman–Crippen LogP) is 7.93. The number of hydrogen-bond donors (Lipinski definition) is 8. The van der Waals surface area contributed by atoms with Crippen molar-refractivity contribution in [1.82, 2.24) is 55.0 Å². The number of urea groups is 1. The van der Waals surface area contributed by atoms with E-state index in [0.717, 1.165) is 43.3 Å². The number of amides is 5. The van der Waals surface area contributed by atoms with Gasteiger partial charge < -0.3 is 52.2 Å². The van der Waals surface area contributed by atoms with Gasteiger partial charge in [0, 0.05) is 30.8 Å². The number of phosphoric ester groups is 1. The molecule has 32 heteroatoms. The van der Waals surface area contributed by atoms with Crippen LogP contribution >= 0.6 is 26.0 Å². The van der Waals surface area contributed by atoms with Gasteiger partial charge in [-0.15, -0.1) is 0 Å². The molecule has 10 N–H and O–H groups in total. The van der Waals surface area contributed by atoms with Crippen LogP contribution in [0.2, 0.25) is 0 Å². The molecule has 3 unspecified atom stereocenters. The Morgan fingerprint density at radius 2 is 1.41 bits per heavy atom. The number of benzene rings is 1. The number of primary amides is 1. The lowest BCUT2D eigenvalue weighted by Gasteiger charge is -2.28. The van der Waals surface area contributed by atoms with Gasteiger partial charge in [-0.05, 0) is 54.3 Å². The first kappa shape index (κ1) is 66.0. The van der Waals surface area contributed by atoms with Crippen molar-refractivity contribution in [3.05, 3.63) is 55.1 Å². The van der Waals surface area contributed by atoms with E-state index in [1.165, 1.54) is 79.6 Å². The van der Waals surface area contributed by atoms with E-state index in [9.17, 15) is 33.7 Å². The molecule has 5 aromatic rings. The maximum Gasteiger partial charge on any atom is 0.472 e. The number of nitrogens with one attached hydrogen (secondary N) is 4. The molecule has 7 heterocycles. The van der Waals surface area contributed by atoms with Crippen LogP contribution in [0.5, 0.6) is 5.88 Å². The number of hydrogen-bond acceptors (Lipinski definition) is 21. The van der Waals surface area contributed by atoms with Crippen molar-refractivity contribution in [2.75, 3.05) is 30.8 Å². The quantitative estimate of drug-likeness (QED) is 0.0166. The number of carbonyl (C=O) groups is 4. The first-order chi connectivity index (χ1) is 41.3. The second-order valence-corrected chi connectivity index (χ2v) is 27.4. The fourth-order valence-electron chi connectivity index (χ4n) is 10.4. The Hall–Kier alpha value is -5.94. The van der Waals surface area contributed by atoms with Gasteiger partial charge in [-0.1, -0.05) is 110 Å². The fourth-order valence-corrected chi connectivity index (χ4v) is 14.8. The van der Waals surface area contributed by atoms with Gasteiger partial charge in [-0.2, -0.15) is 4.98 Å². The van der Waals surface area contributed by atoms with Crippen molar-refractivity contribution in [2.45, 2.75) is 191 Å². The van der Waals surface area contributed by atoms with Crippen LogP contribution in [0.3, 0.4) is 0 Å². The summed E-state index contributed by atoms with van der Waals surface area (Å²) < 4.78 is 83.9. The molecule has 3 fully saturated rings. The van der Waals surface area contributed by atoms with E-state index in [1.54, 1.807) is 38.1 Å². The van der Waals surface area contributed by atoms with Crippen LogP contribution in [0, 0.1) is 5.92 Å². The molecule has 5 amide bonds. The summed E-state index contributed by atoms with van der Waals surface area (Å²) in [7, 11) is -5.13. The number of anilines is 2. The van der Waals surface area contributed by atoms with Crippen molar-refractivity contribution in [2.24, 2.45) is 11.7 Å². The molecule has 0 saturated carbocycles. The van der Waals surface area contributed by atoms with E-state index in [-0.39, 0.29) is 78.0 Å². The van der Waals surface area contributed by atoms with Gasteiger partial charge in [0.05, 0.1) is 25.9 Å². The average molecular weight is 1260 g/mol. The minimum Gasteiger partial charge on any atom is -0.492 e. The van der Waals surface area contributed by atoms with Gasteiger partial charge in [-0.25, -0.2) is 43.2 Å². The van der Waals surface area contributed by atoms with Crippen LogP contribution in [0.4, 0.5) is 20.7 Å². The van der Waals surface area contributed by atoms with Gasteiger partial charge in [0.25, 0.3) is 0 Å². The maximum atomic E-state index is 16.7. The molecular formula is C54H79FN14O14P2S. The lowest BCUT2D eigenvalue weighted by molar-refractivity contribution is -0.132. The number of nitrogen functional groups attached to an aromatic ring is 1. The van der Waals surface area contributed by atoms with E-state index in [4.69, 9.17) is 39.0 Å². The highest BCUT2D eigenvalue weighted by Gasteiger charge is 2.53. The van der Waals surface area contributed by atoms with Gasteiger partial charge in [0.15, 0.2) is 35.0 Å². The second-order valence-electron chi connectivity index (χ2n) is 21.9. The Labute approximate surface area is 501 Å². The van der Waals surface area contributed by atoms with Crippen LogP contribution in [-0.2, 0) is 56.8 Å². The normalized spacial score (nSPS) is 25.0. The number of imidazole rings is 2. The summed E-state index contributed by atoms with van der Waals surface area (Å²) >= 11 is 0.756. The molecular weight excluding hydrogens is 1180 g/mol. The van der Waals surface area contributed by atoms with E-state index in [0.29, 0.717) is 17.7 Å². The monoisotopic (exact) mass is 1260 g/mol. The largest absolute Gasteiger partial charge is 0.492 e. The molecule has 11 atom stereocenters. The highest BCUT2D eigenvalue weighted by atomic mass is 32.7. The third-order valence-corrected chi connectivity index (χ3v) is 19.7. The number of ether oxygens (including phenoxy) is 2. The highest BCUT2D eigenvalue weighted by Crippen LogP contribution is 2.65. The molecule has 0 spiro atoms. The summed E-state index contributed by atoms with van der Waals surface area (Å²) in [5.74, 6) is -2.11.